The molecule has 0 aromatic carbocycles. The molecule has 0 unspecified atom stereocenters. The van der Waals surface area contributed by atoms with E-state index in [9.17, 15) is 0 Å². The summed E-state index contributed by atoms with van der Waals surface area (Å²) in [6.45, 7) is 7.96. The van der Waals surface area contributed by atoms with Crippen molar-refractivity contribution >= 4 is 11.8 Å². The van der Waals surface area contributed by atoms with Gasteiger partial charge in [0, 0.05) is 4.91 Å². The number of hydrogen-bond donors (Lipinski definition) is 0. The lowest BCUT2D eigenvalue weighted by molar-refractivity contribution is 1.52. The van der Waals surface area contributed by atoms with Crippen molar-refractivity contribution < 1.29 is 0 Å². The molecule has 0 saturated heterocycles. The van der Waals surface area contributed by atoms with Gasteiger partial charge in [0.25, 0.3) is 0 Å². The molecule has 0 aromatic heterocycles. The summed E-state index contributed by atoms with van der Waals surface area (Å²) in [6.07, 6.45) is 7.99. The van der Waals surface area contributed by atoms with E-state index in [1.807, 2.05) is 25.2 Å². The Hall–Kier alpha value is -0.910. The van der Waals surface area contributed by atoms with Crippen molar-refractivity contribution in [2.24, 2.45) is 0 Å². The quantitative estimate of drug-likeness (QED) is 0.576. The van der Waals surface area contributed by atoms with Crippen molar-refractivity contribution in [2.75, 3.05) is 0 Å². The van der Waals surface area contributed by atoms with Gasteiger partial charge in [0.2, 0.25) is 0 Å². The first kappa shape index (κ1) is 9.18. The van der Waals surface area contributed by atoms with Crippen LogP contribution >= 0.6 is 11.8 Å². The first-order valence-corrected chi connectivity index (χ1v) is 4.65. The van der Waals surface area contributed by atoms with Crippen LogP contribution in [0.15, 0.2) is 52.0 Å². The smallest absolute Gasteiger partial charge is 0.0154 e. The largest absolute Gasteiger partial charge is 0.121 e. The molecular weight excluding hydrogens is 164 g/mol. The van der Waals surface area contributed by atoms with E-state index < -0.39 is 0 Å². The zero-order chi connectivity index (χ0) is 8.97. The third kappa shape index (κ3) is 2.61. The fraction of sp³-hybridized carbons (Fsp3) is 0.182. The van der Waals surface area contributed by atoms with Gasteiger partial charge in [-0.1, -0.05) is 24.4 Å². The van der Waals surface area contributed by atoms with Gasteiger partial charge in [-0.15, -0.1) is 5.73 Å². The van der Waals surface area contributed by atoms with Gasteiger partial charge in [-0.25, -0.2) is 0 Å². The number of hydrogen-bond acceptors (Lipinski definition) is 1. The van der Waals surface area contributed by atoms with Gasteiger partial charge in [-0.05, 0) is 42.6 Å². The van der Waals surface area contributed by atoms with Crippen LogP contribution in [0.25, 0.3) is 0 Å². The molecule has 0 aromatic rings. The summed E-state index contributed by atoms with van der Waals surface area (Å²) in [5.41, 5.74) is 4.31. The van der Waals surface area contributed by atoms with Gasteiger partial charge >= 0.3 is 0 Å². The van der Waals surface area contributed by atoms with Crippen LogP contribution in [0.4, 0.5) is 0 Å². The lowest BCUT2D eigenvalue weighted by atomic mass is 10.3. The molecule has 1 aliphatic rings. The monoisotopic (exact) mass is 176 g/mol. The van der Waals surface area contributed by atoms with Crippen LogP contribution in [0.3, 0.4) is 0 Å². The molecule has 1 aliphatic carbocycles. The van der Waals surface area contributed by atoms with E-state index in [1.165, 1.54) is 10.5 Å². The molecule has 12 heavy (non-hydrogen) atoms. The van der Waals surface area contributed by atoms with Crippen LogP contribution in [0.5, 0.6) is 0 Å². The minimum absolute atomic E-state index is 1.12. The van der Waals surface area contributed by atoms with Crippen molar-refractivity contribution in [3.8, 4) is 0 Å². The Morgan fingerprint density at radius 2 is 2.33 bits per heavy atom. The summed E-state index contributed by atoms with van der Waals surface area (Å²) in [6, 6.07) is 0. The van der Waals surface area contributed by atoms with E-state index in [0.717, 1.165) is 4.91 Å². The van der Waals surface area contributed by atoms with E-state index in [1.54, 1.807) is 11.8 Å². The van der Waals surface area contributed by atoms with Crippen LogP contribution in [-0.2, 0) is 0 Å². The maximum absolute atomic E-state index is 3.86. The van der Waals surface area contributed by atoms with Crippen LogP contribution in [-0.4, -0.2) is 0 Å². The van der Waals surface area contributed by atoms with Crippen molar-refractivity contribution in [3.63, 3.8) is 0 Å². The summed E-state index contributed by atoms with van der Waals surface area (Å²) < 4.78 is 0. The molecule has 0 bridgehead atoms. The second-order valence-electron chi connectivity index (χ2n) is 2.69. The summed E-state index contributed by atoms with van der Waals surface area (Å²) in [5, 5.41) is 0. The predicted molar refractivity (Wildman–Crippen MR) is 56.9 cm³/mol. The van der Waals surface area contributed by atoms with Gasteiger partial charge in [-0.3, -0.25) is 0 Å². The Kier molecular flexibility index (Phi) is 3.21. The predicted octanol–water partition coefficient (Wildman–Crippen LogP) is 3.81. The van der Waals surface area contributed by atoms with Gasteiger partial charge in [0.15, 0.2) is 0 Å². The zero-order valence-electron chi connectivity index (χ0n) is 7.42. The molecule has 0 aliphatic heterocycles. The first-order chi connectivity index (χ1) is 5.70. The molecule has 0 spiro atoms. The third-order valence-electron chi connectivity index (χ3n) is 1.41. The van der Waals surface area contributed by atoms with E-state index in [2.05, 4.69) is 25.3 Å². The van der Waals surface area contributed by atoms with E-state index in [-0.39, 0.29) is 0 Å². The minimum Gasteiger partial charge on any atom is -0.121 e. The fourth-order valence-corrected chi connectivity index (χ4v) is 1.61. The molecule has 0 N–H and O–H groups in total. The van der Waals surface area contributed by atoms with E-state index in [0.29, 0.717) is 0 Å². The average molecular weight is 176 g/mol. The Labute approximate surface area is 78.1 Å². The summed E-state index contributed by atoms with van der Waals surface area (Å²) in [5.74, 6) is 0. The normalized spacial score (nSPS) is 15.2. The molecule has 1 rings (SSSR count). The van der Waals surface area contributed by atoms with Gasteiger partial charge < -0.3 is 0 Å². The Morgan fingerprint density at radius 3 is 3.00 bits per heavy atom. The Morgan fingerprint density at radius 1 is 1.58 bits per heavy atom. The molecule has 0 fully saturated rings. The SMILES string of the molecule is C=C(C)SC1=C(C)C=C=CC=C1. The molecule has 0 amide bonds. The second kappa shape index (κ2) is 4.20. The van der Waals surface area contributed by atoms with Gasteiger partial charge in [0.05, 0.1) is 0 Å². The highest BCUT2D eigenvalue weighted by Gasteiger charge is 1.98. The Balaban J connectivity index is 2.89. The van der Waals surface area contributed by atoms with Crippen LogP contribution < -0.4 is 0 Å². The highest BCUT2D eigenvalue weighted by atomic mass is 32.2. The number of rotatable bonds is 2. The summed E-state index contributed by atoms with van der Waals surface area (Å²) in [7, 11) is 0. The minimum atomic E-state index is 1.12. The van der Waals surface area contributed by atoms with Crippen molar-refractivity contribution in [1.82, 2.24) is 0 Å². The topological polar surface area (TPSA) is 0 Å². The molecule has 0 radical (unpaired) electrons. The zero-order valence-corrected chi connectivity index (χ0v) is 8.24. The maximum atomic E-state index is 3.86. The van der Waals surface area contributed by atoms with Crippen molar-refractivity contribution in [2.45, 2.75) is 13.8 Å². The van der Waals surface area contributed by atoms with E-state index in [4.69, 9.17) is 0 Å². The molecule has 0 nitrogen and oxygen atoms in total. The molecule has 0 heterocycles. The highest BCUT2D eigenvalue weighted by Crippen LogP contribution is 2.28. The summed E-state index contributed by atoms with van der Waals surface area (Å²) >= 11 is 1.70. The molecule has 1 heteroatoms. The number of thioether (sulfide) groups is 1. The maximum Gasteiger partial charge on any atom is 0.0154 e. The highest BCUT2D eigenvalue weighted by molar-refractivity contribution is 8.06. The van der Waals surface area contributed by atoms with Crippen LogP contribution in [0, 0.1) is 0 Å². The van der Waals surface area contributed by atoms with E-state index >= 15 is 0 Å². The van der Waals surface area contributed by atoms with Gasteiger partial charge in [0.1, 0.15) is 0 Å². The van der Waals surface area contributed by atoms with Crippen molar-refractivity contribution in [1.29, 1.82) is 0 Å². The third-order valence-corrected chi connectivity index (χ3v) is 2.44. The van der Waals surface area contributed by atoms with Crippen molar-refractivity contribution in [3.05, 3.63) is 52.0 Å². The molecule has 62 valence electrons. The van der Waals surface area contributed by atoms with Crippen LogP contribution in [0.1, 0.15) is 13.8 Å². The lowest BCUT2D eigenvalue weighted by Gasteiger charge is -2.02. The number of allylic oxidation sites excluding steroid dienone is 5. The Bertz CT molecular complexity index is 310. The molecule has 0 atom stereocenters. The van der Waals surface area contributed by atoms with Gasteiger partial charge in [-0.2, -0.15) is 0 Å². The fourth-order valence-electron chi connectivity index (χ4n) is 0.869. The summed E-state index contributed by atoms with van der Waals surface area (Å²) in [4.78, 5) is 2.37. The lowest BCUT2D eigenvalue weighted by Crippen LogP contribution is -1.76. The average Bonchev–Trinajstić information content (AvgIpc) is 2.16. The van der Waals surface area contributed by atoms with Crippen LogP contribution in [0.2, 0.25) is 0 Å². The second-order valence-corrected chi connectivity index (χ2v) is 4.03. The first-order valence-electron chi connectivity index (χ1n) is 3.83. The molecule has 0 saturated carbocycles. The standard InChI is InChI=1S/C11H12S/c1-9(2)12-11-8-6-4-5-7-10(11)3/h4,6-8H,1H2,2-3H3. The molecular formula is C11H12S.